The Bertz CT molecular complexity index is 801. The Labute approximate surface area is 137 Å². The molecule has 6 heteroatoms. The zero-order valence-corrected chi connectivity index (χ0v) is 14.3. The minimum Gasteiger partial charge on any atom is -0.496 e. The highest BCUT2D eigenvalue weighted by Gasteiger charge is 2.10. The Kier molecular flexibility index (Phi) is 3.75. The molecule has 102 valence electrons. The molecule has 0 aliphatic heterocycles. The van der Waals surface area contributed by atoms with Crippen LogP contribution in [0.15, 0.2) is 39.3 Å². The number of hydrogen-bond donors (Lipinski definition) is 1. The molecule has 0 unspecified atom stereocenters. The zero-order valence-electron chi connectivity index (χ0n) is 10.4. The number of ether oxygens (including phenoxy) is 1. The number of benzene rings is 2. The summed E-state index contributed by atoms with van der Waals surface area (Å²) in [5, 5.41) is 0.662. The number of aromatic nitrogens is 2. The largest absolute Gasteiger partial charge is 0.496 e. The maximum Gasteiger partial charge on any atom is 0.138 e. The summed E-state index contributed by atoms with van der Waals surface area (Å²) < 4.78 is 6.98. The number of H-pyrrole nitrogens is 1. The standard InChI is InChI=1S/C14H9Br2ClN2O/c1-20-12-3-2-7(4-9(12)15)14-18-11-6-8(17)5-10(16)13(11)19-14/h2-6H,1H3,(H,18,19). The van der Waals surface area contributed by atoms with Crippen molar-refractivity contribution in [2.24, 2.45) is 0 Å². The molecule has 0 saturated carbocycles. The van der Waals surface area contributed by atoms with Gasteiger partial charge in [0.05, 0.1) is 17.1 Å². The van der Waals surface area contributed by atoms with Crippen LogP contribution in [0.4, 0.5) is 0 Å². The third-order valence-corrected chi connectivity index (χ3v) is 4.37. The van der Waals surface area contributed by atoms with E-state index in [1.165, 1.54) is 0 Å². The van der Waals surface area contributed by atoms with Gasteiger partial charge in [0.1, 0.15) is 17.1 Å². The van der Waals surface area contributed by atoms with E-state index in [4.69, 9.17) is 16.3 Å². The van der Waals surface area contributed by atoms with Crippen LogP contribution < -0.4 is 4.74 Å². The number of rotatable bonds is 2. The number of imidazole rings is 1. The number of aromatic amines is 1. The second-order valence-corrected chi connectivity index (χ2v) is 6.36. The van der Waals surface area contributed by atoms with Crippen LogP contribution in [0.3, 0.4) is 0 Å². The average Bonchev–Trinajstić information content (AvgIpc) is 2.82. The summed E-state index contributed by atoms with van der Waals surface area (Å²) in [6.45, 7) is 0. The molecule has 0 atom stereocenters. The normalized spacial score (nSPS) is 11.0. The number of nitrogens with one attached hydrogen (secondary N) is 1. The van der Waals surface area contributed by atoms with Crippen molar-refractivity contribution in [1.82, 2.24) is 9.97 Å². The topological polar surface area (TPSA) is 37.9 Å². The zero-order chi connectivity index (χ0) is 14.3. The first-order valence-corrected chi connectivity index (χ1v) is 7.73. The Morgan fingerprint density at radius 1 is 1.15 bits per heavy atom. The number of methoxy groups -OCH3 is 1. The number of hydrogen-bond acceptors (Lipinski definition) is 2. The van der Waals surface area contributed by atoms with Crippen LogP contribution in [-0.4, -0.2) is 17.1 Å². The lowest BCUT2D eigenvalue weighted by Gasteiger charge is -2.04. The summed E-state index contributed by atoms with van der Waals surface area (Å²) in [6.07, 6.45) is 0. The lowest BCUT2D eigenvalue weighted by molar-refractivity contribution is 0.412. The van der Waals surface area contributed by atoms with Crippen molar-refractivity contribution in [2.75, 3.05) is 7.11 Å². The van der Waals surface area contributed by atoms with E-state index in [9.17, 15) is 0 Å². The molecular formula is C14H9Br2ClN2O. The van der Waals surface area contributed by atoms with Gasteiger partial charge in [-0.1, -0.05) is 11.6 Å². The second-order valence-electron chi connectivity index (χ2n) is 4.22. The van der Waals surface area contributed by atoms with E-state index in [1.54, 1.807) is 7.11 Å². The van der Waals surface area contributed by atoms with Gasteiger partial charge in [-0.05, 0) is 62.2 Å². The van der Waals surface area contributed by atoms with Gasteiger partial charge in [0, 0.05) is 15.1 Å². The van der Waals surface area contributed by atoms with E-state index in [2.05, 4.69) is 41.8 Å². The van der Waals surface area contributed by atoms with Gasteiger partial charge in [0.2, 0.25) is 0 Å². The van der Waals surface area contributed by atoms with Crippen LogP contribution in [0.5, 0.6) is 5.75 Å². The van der Waals surface area contributed by atoms with E-state index >= 15 is 0 Å². The molecule has 1 aromatic heterocycles. The first-order chi connectivity index (χ1) is 9.58. The van der Waals surface area contributed by atoms with Crippen molar-refractivity contribution in [1.29, 1.82) is 0 Å². The summed E-state index contributed by atoms with van der Waals surface area (Å²) in [5.41, 5.74) is 2.72. The van der Waals surface area contributed by atoms with Crippen LogP contribution in [0.25, 0.3) is 22.4 Å². The smallest absolute Gasteiger partial charge is 0.138 e. The number of fused-ring (bicyclic) bond motifs is 1. The van der Waals surface area contributed by atoms with Crippen LogP contribution in [-0.2, 0) is 0 Å². The molecule has 0 aliphatic rings. The number of nitrogens with zero attached hydrogens (tertiary/aromatic N) is 1. The third-order valence-electron chi connectivity index (χ3n) is 2.93. The summed E-state index contributed by atoms with van der Waals surface area (Å²) >= 11 is 13.0. The average molecular weight is 416 g/mol. The monoisotopic (exact) mass is 414 g/mol. The fourth-order valence-corrected chi connectivity index (χ4v) is 3.43. The molecule has 2 aromatic carbocycles. The Morgan fingerprint density at radius 2 is 1.95 bits per heavy atom. The second kappa shape index (κ2) is 5.39. The fourth-order valence-electron chi connectivity index (χ4n) is 1.99. The van der Waals surface area contributed by atoms with Crippen molar-refractivity contribution < 1.29 is 4.74 Å². The minimum atomic E-state index is 0.662. The highest BCUT2D eigenvalue weighted by atomic mass is 79.9. The predicted molar refractivity (Wildman–Crippen MR) is 88.5 cm³/mol. The molecule has 0 bridgehead atoms. The van der Waals surface area contributed by atoms with Crippen molar-refractivity contribution in [3.8, 4) is 17.1 Å². The van der Waals surface area contributed by atoms with E-state index < -0.39 is 0 Å². The lowest BCUT2D eigenvalue weighted by atomic mass is 10.2. The highest BCUT2D eigenvalue weighted by Crippen LogP contribution is 2.32. The molecule has 3 rings (SSSR count). The number of halogens is 3. The van der Waals surface area contributed by atoms with Gasteiger partial charge < -0.3 is 9.72 Å². The van der Waals surface area contributed by atoms with E-state index in [0.717, 1.165) is 37.1 Å². The first kappa shape index (κ1) is 13.9. The van der Waals surface area contributed by atoms with Gasteiger partial charge >= 0.3 is 0 Å². The van der Waals surface area contributed by atoms with Gasteiger partial charge in [0.15, 0.2) is 0 Å². The molecular weight excluding hydrogens is 407 g/mol. The van der Waals surface area contributed by atoms with Crippen molar-refractivity contribution >= 4 is 54.5 Å². The van der Waals surface area contributed by atoms with Gasteiger partial charge in [-0.15, -0.1) is 0 Å². The molecule has 0 radical (unpaired) electrons. The van der Waals surface area contributed by atoms with Crippen molar-refractivity contribution in [3.05, 3.63) is 44.3 Å². The summed E-state index contributed by atoms with van der Waals surface area (Å²) in [5.74, 6) is 1.57. The molecule has 3 aromatic rings. The third kappa shape index (κ3) is 2.45. The maximum atomic E-state index is 6.04. The fraction of sp³-hybridized carbons (Fsp3) is 0.0714. The summed E-state index contributed by atoms with van der Waals surface area (Å²) in [6, 6.07) is 9.51. The Balaban J connectivity index is 2.15. The summed E-state index contributed by atoms with van der Waals surface area (Å²) in [7, 11) is 1.64. The van der Waals surface area contributed by atoms with Crippen LogP contribution >= 0.6 is 43.5 Å². The molecule has 0 amide bonds. The Morgan fingerprint density at radius 3 is 2.65 bits per heavy atom. The quantitative estimate of drug-likeness (QED) is 0.606. The van der Waals surface area contributed by atoms with E-state index in [1.807, 2.05) is 30.3 Å². The molecule has 20 heavy (non-hydrogen) atoms. The molecule has 0 fully saturated rings. The molecule has 0 spiro atoms. The van der Waals surface area contributed by atoms with Gasteiger partial charge in [-0.25, -0.2) is 4.98 Å². The molecule has 0 aliphatic carbocycles. The molecule has 1 heterocycles. The predicted octanol–water partition coefficient (Wildman–Crippen LogP) is 5.42. The maximum absolute atomic E-state index is 6.04. The van der Waals surface area contributed by atoms with Crippen molar-refractivity contribution in [3.63, 3.8) is 0 Å². The van der Waals surface area contributed by atoms with Crippen LogP contribution in [0.1, 0.15) is 0 Å². The van der Waals surface area contributed by atoms with Crippen LogP contribution in [0.2, 0.25) is 5.02 Å². The highest BCUT2D eigenvalue weighted by molar-refractivity contribution is 9.11. The molecule has 3 nitrogen and oxygen atoms in total. The molecule has 1 N–H and O–H groups in total. The van der Waals surface area contributed by atoms with E-state index in [0.29, 0.717) is 5.02 Å². The van der Waals surface area contributed by atoms with Gasteiger partial charge in [-0.3, -0.25) is 0 Å². The first-order valence-electron chi connectivity index (χ1n) is 5.77. The van der Waals surface area contributed by atoms with Crippen LogP contribution in [0, 0.1) is 0 Å². The van der Waals surface area contributed by atoms with Gasteiger partial charge in [-0.2, -0.15) is 0 Å². The van der Waals surface area contributed by atoms with Gasteiger partial charge in [0.25, 0.3) is 0 Å². The minimum absolute atomic E-state index is 0.662. The van der Waals surface area contributed by atoms with E-state index in [-0.39, 0.29) is 0 Å². The SMILES string of the molecule is COc1ccc(-c2nc3c(Br)cc(Cl)cc3[nH]2)cc1Br. The lowest BCUT2D eigenvalue weighted by Crippen LogP contribution is -1.86. The van der Waals surface area contributed by atoms with Crippen molar-refractivity contribution in [2.45, 2.75) is 0 Å². The summed E-state index contributed by atoms with van der Waals surface area (Å²) in [4.78, 5) is 7.87. The molecule has 0 saturated heterocycles. The Hall–Kier alpha value is -1.04.